The number of aromatic nitrogens is 2. The molecule has 2 aromatic rings. The van der Waals surface area contributed by atoms with E-state index < -0.39 is 5.91 Å². The second kappa shape index (κ2) is 5.43. The van der Waals surface area contributed by atoms with Crippen LogP contribution in [0.5, 0.6) is 0 Å². The summed E-state index contributed by atoms with van der Waals surface area (Å²) in [6.07, 6.45) is 2.71. The van der Waals surface area contributed by atoms with Crippen LogP contribution in [0.25, 0.3) is 0 Å². The molecule has 0 radical (unpaired) electrons. The van der Waals surface area contributed by atoms with E-state index in [9.17, 15) is 4.79 Å². The maximum absolute atomic E-state index is 11.0. The highest BCUT2D eigenvalue weighted by Gasteiger charge is 2.04. The number of hydrogen-bond acceptors (Lipinski definition) is 4. The van der Waals surface area contributed by atoms with Crippen LogP contribution in [0.1, 0.15) is 16.1 Å². The molecule has 6 nitrogen and oxygen atoms in total. The molecule has 5 N–H and O–H groups in total. The summed E-state index contributed by atoms with van der Waals surface area (Å²) in [6, 6.07) is 6.96. The van der Waals surface area contributed by atoms with E-state index in [0.717, 1.165) is 24.3 Å². The lowest BCUT2D eigenvalue weighted by Crippen LogP contribution is -2.12. The maximum atomic E-state index is 11.0. The zero-order chi connectivity index (χ0) is 13.8. The van der Waals surface area contributed by atoms with Gasteiger partial charge in [-0.15, -0.1) is 0 Å². The van der Waals surface area contributed by atoms with E-state index in [1.54, 1.807) is 22.9 Å². The first-order chi connectivity index (χ1) is 9.06. The first kappa shape index (κ1) is 12.9. The molecular weight excluding hydrogens is 242 g/mol. The van der Waals surface area contributed by atoms with Crippen molar-refractivity contribution in [1.82, 2.24) is 9.78 Å². The normalized spacial score (nSPS) is 10.4. The zero-order valence-corrected chi connectivity index (χ0v) is 10.8. The maximum Gasteiger partial charge on any atom is 0.248 e. The topological polar surface area (TPSA) is 99.0 Å². The smallest absolute Gasteiger partial charge is 0.248 e. The Morgan fingerprint density at radius 2 is 2.21 bits per heavy atom. The fourth-order valence-corrected chi connectivity index (χ4v) is 1.80. The van der Waals surface area contributed by atoms with Crippen LogP contribution in [0.15, 0.2) is 30.5 Å². The lowest BCUT2D eigenvalue weighted by molar-refractivity contribution is 0.100. The van der Waals surface area contributed by atoms with Crippen LogP contribution >= 0.6 is 0 Å². The molecule has 0 atom stereocenters. The van der Waals surface area contributed by atoms with Crippen LogP contribution in [0.2, 0.25) is 0 Å². The number of primary amides is 1. The van der Waals surface area contributed by atoms with E-state index in [4.69, 9.17) is 11.5 Å². The summed E-state index contributed by atoms with van der Waals surface area (Å²) in [5.74, 6) is -0.480. The number of hydrogen-bond donors (Lipinski definition) is 3. The van der Waals surface area contributed by atoms with Crippen LogP contribution in [0.4, 0.5) is 11.4 Å². The number of carbonyl (C=O) groups is 1. The Hall–Kier alpha value is -2.50. The summed E-state index contributed by atoms with van der Waals surface area (Å²) in [4.78, 5) is 11.0. The van der Waals surface area contributed by atoms with Crippen molar-refractivity contribution in [1.29, 1.82) is 0 Å². The van der Waals surface area contributed by atoms with Gasteiger partial charge in [0.2, 0.25) is 5.91 Å². The van der Waals surface area contributed by atoms with Gasteiger partial charge in [-0.1, -0.05) is 0 Å². The molecular formula is C13H17N5O. The number of nitrogens with two attached hydrogens (primary N) is 2. The number of nitrogens with zero attached hydrogens (tertiary/aromatic N) is 2. The summed E-state index contributed by atoms with van der Waals surface area (Å²) in [5.41, 5.74) is 13.8. The van der Waals surface area contributed by atoms with E-state index in [2.05, 4.69) is 10.4 Å². The number of carbonyl (C=O) groups excluding carboxylic acids is 1. The third-order valence-corrected chi connectivity index (χ3v) is 2.80. The van der Waals surface area contributed by atoms with E-state index in [-0.39, 0.29) is 0 Å². The molecule has 0 unspecified atom stereocenters. The van der Waals surface area contributed by atoms with Crippen molar-refractivity contribution >= 4 is 17.3 Å². The van der Waals surface area contributed by atoms with Gasteiger partial charge < -0.3 is 16.8 Å². The van der Waals surface area contributed by atoms with Gasteiger partial charge in [0, 0.05) is 31.8 Å². The lowest BCUT2D eigenvalue weighted by Gasteiger charge is -2.09. The largest absolute Gasteiger partial charge is 0.397 e. The highest BCUT2D eigenvalue weighted by Crippen LogP contribution is 2.19. The molecule has 0 aliphatic rings. The Labute approximate surface area is 111 Å². The molecule has 0 aliphatic carbocycles. The minimum absolute atomic E-state index is 0.410. The Morgan fingerprint density at radius 1 is 1.42 bits per heavy atom. The third-order valence-electron chi connectivity index (χ3n) is 2.80. The number of anilines is 2. The average molecular weight is 259 g/mol. The summed E-state index contributed by atoms with van der Waals surface area (Å²) < 4.78 is 1.77. The Balaban J connectivity index is 1.94. The van der Waals surface area contributed by atoms with Gasteiger partial charge >= 0.3 is 0 Å². The first-order valence-corrected chi connectivity index (χ1v) is 5.98. The molecule has 1 aromatic heterocycles. The monoisotopic (exact) mass is 259 g/mol. The molecule has 2 rings (SSSR count). The van der Waals surface area contributed by atoms with Crippen molar-refractivity contribution < 1.29 is 4.79 Å². The molecule has 0 saturated heterocycles. The van der Waals surface area contributed by atoms with Gasteiger partial charge in [-0.05, 0) is 24.3 Å². The van der Waals surface area contributed by atoms with Crippen molar-refractivity contribution in [3.05, 3.63) is 41.7 Å². The van der Waals surface area contributed by atoms with Crippen LogP contribution < -0.4 is 16.8 Å². The third kappa shape index (κ3) is 3.25. The Bertz CT molecular complexity index is 590. The number of benzene rings is 1. The van der Waals surface area contributed by atoms with Crippen molar-refractivity contribution in [2.24, 2.45) is 12.8 Å². The van der Waals surface area contributed by atoms with Crippen LogP contribution in [-0.2, 0) is 13.5 Å². The SMILES string of the molecule is Cn1ccc(CCNc2ccc(C(N)=O)cc2N)n1. The second-order valence-corrected chi connectivity index (χ2v) is 4.32. The number of nitrogen functional groups attached to an aromatic ring is 1. The van der Waals surface area contributed by atoms with Gasteiger partial charge in [0.1, 0.15) is 0 Å². The highest BCUT2D eigenvalue weighted by atomic mass is 16.1. The van der Waals surface area contributed by atoms with Crippen LogP contribution in [0.3, 0.4) is 0 Å². The predicted octanol–water partition coefficient (Wildman–Crippen LogP) is 0.756. The summed E-state index contributed by atoms with van der Waals surface area (Å²) >= 11 is 0. The van der Waals surface area contributed by atoms with E-state index in [0.29, 0.717) is 11.3 Å². The van der Waals surface area contributed by atoms with Gasteiger partial charge in [-0.3, -0.25) is 9.48 Å². The number of aryl methyl sites for hydroxylation is 1. The van der Waals surface area contributed by atoms with Crippen molar-refractivity contribution in [2.45, 2.75) is 6.42 Å². The molecule has 0 saturated carbocycles. The number of rotatable bonds is 5. The van der Waals surface area contributed by atoms with Crippen LogP contribution in [-0.4, -0.2) is 22.2 Å². The Morgan fingerprint density at radius 3 is 2.79 bits per heavy atom. The highest BCUT2D eigenvalue weighted by molar-refractivity contribution is 5.94. The molecule has 1 amide bonds. The van der Waals surface area contributed by atoms with E-state index in [1.165, 1.54) is 0 Å². The zero-order valence-electron chi connectivity index (χ0n) is 10.8. The molecule has 1 heterocycles. The lowest BCUT2D eigenvalue weighted by atomic mass is 10.1. The van der Waals surface area contributed by atoms with Gasteiger partial charge in [0.15, 0.2) is 0 Å². The molecule has 0 spiro atoms. The van der Waals surface area contributed by atoms with Gasteiger partial charge in [-0.2, -0.15) is 5.10 Å². The summed E-state index contributed by atoms with van der Waals surface area (Å²) in [7, 11) is 1.89. The van der Waals surface area contributed by atoms with Gasteiger partial charge in [-0.25, -0.2) is 0 Å². The van der Waals surface area contributed by atoms with Crippen molar-refractivity contribution in [2.75, 3.05) is 17.6 Å². The number of amides is 1. The molecule has 0 bridgehead atoms. The second-order valence-electron chi connectivity index (χ2n) is 4.32. The molecule has 19 heavy (non-hydrogen) atoms. The number of nitrogens with one attached hydrogen (secondary N) is 1. The molecule has 0 aliphatic heterocycles. The van der Waals surface area contributed by atoms with Crippen LogP contribution in [0, 0.1) is 0 Å². The standard InChI is InChI=1S/C13H17N5O/c1-18-7-5-10(17-18)4-6-16-12-3-2-9(13(15)19)8-11(12)14/h2-3,5,7-8,16H,4,6,14H2,1H3,(H2,15,19). The Kier molecular flexibility index (Phi) is 3.70. The minimum atomic E-state index is -0.480. The fraction of sp³-hybridized carbons (Fsp3) is 0.231. The molecule has 100 valence electrons. The van der Waals surface area contributed by atoms with Crippen molar-refractivity contribution in [3.63, 3.8) is 0 Å². The summed E-state index contributed by atoms with van der Waals surface area (Å²) in [5, 5.41) is 7.50. The van der Waals surface area contributed by atoms with E-state index in [1.807, 2.05) is 19.3 Å². The average Bonchev–Trinajstić information content (AvgIpc) is 2.77. The predicted molar refractivity (Wildman–Crippen MR) is 74.8 cm³/mol. The summed E-state index contributed by atoms with van der Waals surface area (Å²) in [6.45, 7) is 0.719. The molecule has 1 aromatic carbocycles. The van der Waals surface area contributed by atoms with Gasteiger partial charge in [0.25, 0.3) is 0 Å². The molecule has 6 heteroatoms. The molecule has 0 fully saturated rings. The minimum Gasteiger partial charge on any atom is -0.397 e. The first-order valence-electron chi connectivity index (χ1n) is 5.98. The fourth-order valence-electron chi connectivity index (χ4n) is 1.80. The van der Waals surface area contributed by atoms with Gasteiger partial charge in [0.05, 0.1) is 17.1 Å². The van der Waals surface area contributed by atoms with Crippen molar-refractivity contribution in [3.8, 4) is 0 Å². The quantitative estimate of drug-likeness (QED) is 0.690. The van der Waals surface area contributed by atoms with E-state index >= 15 is 0 Å².